The summed E-state index contributed by atoms with van der Waals surface area (Å²) in [6, 6.07) is 0. The van der Waals surface area contributed by atoms with Crippen molar-refractivity contribution in [3.05, 3.63) is 11.7 Å². The molecule has 0 fully saturated rings. The van der Waals surface area contributed by atoms with Crippen LogP contribution in [0.3, 0.4) is 0 Å². The van der Waals surface area contributed by atoms with Gasteiger partial charge in [-0.15, -0.1) is 0 Å². The first kappa shape index (κ1) is 17.2. The summed E-state index contributed by atoms with van der Waals surface area (Å²) in [5.41, 5.74) is 0.0600. The van der Waals surface area contributed by atoms with Crippen LogP contribution in [-0.2, 0) is 5.41 Å². The van der Waals surface area contributed by atoms with E-state index in [0.717, 1.165) is 24.6 Å². The van der Waals surface area contributed by atoms with E-state index in [1.54, 1.807) is 0 Å². The Morgan fingerprint density at radius 2 is 1.55 bits per heavy atom. The van der Waals surface area contributed by atoms with E-state index in [4.69, 9.17) is 4.52 Å². The van der Waals surface area contributed by atoms with E-state index in [9.17, 15) is 0 Å². The Hall–Kier alpha value is -0.860. The lowest BCUT2D eigenvalue weighted by Crippen LogP contribution is -2.22. The van der Waals surface area contributed by atoms with Gasteiger partial charge in [-0.2, -0.15) is 4.98 Å². The highest BCUT2D eigenvalue weighted by Crippen LogP contribution is 2.34. The summed E-state index contributed by atoms with van der Waals surface area (Å²) in [7, 11) is 0. The van der Waals surface area contributed by atoms with E-state index in [-0.39, 0.29) is 5.41 Å². The van der Waals surface area contributed by atoms with Gasteiger partial charge in [0.25, 0.3) is 0 Å². The topological polar surface area (TPSA) is 38.9 Å². The Morgan fingerprint density at radius 3 is 1.95 bits per heavy atom. The molecule has 20 heavy (non-hydrogen) atoms. The van der Waals surface area contributed by atoms with Crippen molar-refractivity contribution in [2.45, 2.75) is 97.3 Å². The highest BCUT2D eigenvalue weighted by Gasteiger charge is 2.32. The van der Waals surface area contributed by atoms with E-state index in [2.05, 4.69) is 44.8 Å². The van der Waals surface area contributed by atoms with Crippen LogP contribution in [0, 0.1) is 0 Å². The summed E-state index contributed by atoms with van der Waals surface area (Å²) in [5, 5.41) is 4.15. The zero-order valence-corrected chi connectivity index (χ0v) is 14.0. The van der Waals surface area contributed by atoms with Crippen molar-refractivity contribution < 1.29 is 4.52 Å². The predicted octanol–water partition coefficient (Wildman–Crippen LogP) is 5.61. The van der Waals surface area contributed by atoms with Gasteiger partial charge in [-0.25, -0.2) is 0 Å². The molecule has 0 aromatic carbocycles. The Kier molecular flexibility index (Phi) is 7.25. The summed E-state index contributed by atoms with van der Waals surface area (Å²) < 4.78 is 5.59. The largest absolute Gasteiger partial charge is 0.339 e. The van der Waals surface area contributed by atoms with Crippen molar-refractivity contribution in [1.82, 2.24) is 10.1 Å². The SMILES string of the molecule is CCCCCC(C)(CCCCC)c1nc(C(C)C)no1. The van der Waals surface area contributed by atoms with Gasteiger partial charge < -0.3 is 4.52 Å². The van der Waals surface area contributed by atoms with E-state index in [0.29, 0.717) is 5.92 Å². The van der Waals surface area contributed by atoms with Crippen molar-refractivity contribution in [1.29, 1.82) is 0 Å². The van der Waals surface area contributed by atoms with E-state index in [1.165, 1.54) is 38.5 Å². The quantitative estimate of drug-likeness (QED) is 0.523. The molecule has 1 rings (SSSR count). The zero-order chi connectivity index (χ0) is 15.0. The number of rotatable bonds is 10. The fraction of sp³-hybridized carbons (Fsp3) is 0.882. The molecule has 1 heterocycles. The van der Waals surface area contributed by atoms with Gasteiger partial charge in [-0.05, 0) is 12.8 Å². The monoisotopic (exact) mass is 280 g/mol. The Morgan fingerprint density at radius 1 is 1.00 bits per heavy atom. The molecule has 3 nitrogen and oxygen atoms in total. The third kappa shape index (κ3) is 4.92. The molecule has 0 aliphatic rings. The van der Waals surface area contributed by atoms with Crippen molar-refractivity contribution >= 4 is 0 Å². The van der Waals surface area contributed by atoms with E-state index in [1.807, 2.05) is 0 Å². The van der Waals surface area contributed by atoms with Crippen molar-refractivity contribution in [2.24, 2.45) is 0 Å². The summed E-state index contributed by atoms with van der Waals surface area (Å²) in [6.45, 7) is 11.0. The van der Waals surface area contributed by atoms with Gasteiger partial charge >= 0.3 is 0 Å². The molecular formula is C17H32N2O. The Labute approximate surface area is 124 Å². The molecule has 0 bridgehead atoms. The van der Waals surface area contributed by atoms with Gasteiger partial charge in [0.15, 0.2) is 5.82 Å². The van der Waals surface area contributed by atoms with Crippen molar-refractivity contribution in [2.75, 3.05) is 0 Å². The molecule has 0 aliphatic heterocycles. The molecule has 1 aromatic heterocycles. The van der Waals surface area contributed by atoms with Gasteiger partial charge in [0.1, 0.15) is 0 Å². The molecule has 3 heteroatoms. The first-order valence-electron chi connectivity index (χ1n) is 8.37. The van der Waals surface area contributed by atoms with Gasteiger partial charge in [0.05, 0.1) is 0 Å². The number of aromatic nitrogens is 2. The highest BCUT2D eigenvalue weighted by molar-refractivity contribution is 5.04. The molecule has 0 amide bonds. The van der Waals surface area contributed by atoms with Crippen LogP contribution in [0.5, 0.6) is 0 Å². The maximum absolute atomic E-state index is 5.59. The smallest absolute Gasteiger partial charge is 0.232 e. The zero-order valence-electron chi connectivity index (χ0n) is 14.0. The molecule has 0 atom stereocenters. The number of hydrogen-bond donors (Lipinski definition) is 0. The minimum Gasteiger partial charge on any atom is -0.339 e. The lowest BCUT2D eigenvalue weighted by Gasteiger charge is -2.25. The molecular weight excluding hydrogens is 248 g/mol. The molecule has 0 N–H and O–H groups in total. The second-order valence-electron chi connectivity index (χ2n) is 6.59. The van der Waals surface area contributed by atoms with Gasteiger partial charge in [0, 0.05) is 11.3 Å². The van der Waals surface area contributed by atoms with Crippen molar-refractivity contribution in [3.8, 4) is 0 Å². The van der Waals surface area contributed by atoms with Crippen LogP contribution in [0.2, 0.25) is 0 Å². The van der Waals surface area contributed by atoms with Gasteiger partial charge in [-0.3, -0.25) is 0 Å². The summed E-state index contributed by atoms with van der Waals surface area (Å²) >= 11 is 0. The molecule has 116 valence electrons. The number of unbranched alkanes of at least 4 members (excludes halogenated alkanes) is 4. The van der Waals surface area contributed by atoms with E-state index >= 15 is 0 Å². The minimum absolute atomic E-state index is 0.0600. The molecule has 0 saturated heterocycles. The average molecular weight is 280 g/mol. The molecule has 0 aliphatic carbocycles. The van der Waals surface area contributed by atoms with Crippen LogP contribution < -0.4 is 0 Å². The Bertz CT molecular complexity index is 361. The fourth-order valence-electron chi connectivity index (χ4n) is 2.58. The summed E-state index contributed by atoms with van der Waals surface area (Å²) in [4.78, 5) is 4.66. The molecule has 0 spiro atoms. The van der Waals surface area contributed by atoms with Crippen LogP contribution in [0.1, 0.15) is 104 Å². The normalized spacial score (nSPS) is 12.3. The van der Waals surface area contributed by atoms with Gasteiger partial charge in [0.2, 0.25) is 5.89 Å². The van der Waals surface area contributed by atoms with Crippen LogP contribution in [0.15, 0.2) is 4.52 Å². The summed E-state index contributed by atoms with van der Waals surface area (Å²) in [5.74, 6) is 2.04. The van der Waals surface area contributed by atoms with E-state index < -0.39 is 0 Å². The van der Waals surface area contributed by atoms with Crippen LogP contribution in [-0.4, -0.2) is 10.1 Å². The molecule has 0 unspecified atom stereocenters. The average Bonchev–Trinajstić information content (AvgIpc) is 2.90. The Balaban J connectivity index is 2.77. The molecule has 0 radical (unpaired) electrons. The molecule has 0 saturated carbocycles. The fourth-order valence-corrected chi connectivity index (χ4v) is 2.58. The second-order valence-corrected chi connectivity index (χ2v) is 6.59. The second kappa shape index (κ2) is 8.43. The lowest BCUT2D eigenvalue weighted by atomic mass is 9.79. The third-order valence-electron chi connectivity index (χ3n) is 4.14. The minimum atomic E-state index is 0.0600. The van der Waals surface area contributed by atoms with Crippen LogP contribution >= 0.6 is 0 Å². The highest BCUT2D eigenvalue weighted by atomic mass is 16.5. The third-order valence-corrected chi connectivity index (χ3v) is 4.14. The van der Waals surface area contributed by atoms with Crippen LogP contribution in [0.25, 0.3) is 0 Å². The van der Waals surface area contributed by atoms with Crippen molar-refractivity contribution in [3.63, 3.8) is 0 Å². The maximum Gasteiger partial charge on any atom is 0.232 e. The summed E-state index contributed by atoms with van der Waals surface area (Å²) in [6.07, 6.45) is 9.90. The first-order valence-corrected chi connectivity index (χ1v) is 8.37. The lowest BCUT2D eigenvalue weighted by molar-refractivity contribution is 0.254. The standard InChI is InChI=1S/C17H32N2O/c1-6-8-10-12-17(5,13-11-9-7-2)16-18-15(14(3)4)19-20-16/h14H,6-13H2,1-5H3. The molecule has 1 aromatic rings. The maximum atomic E-state index is 5.59. The van der Waals surface area contributed by atoms with Crippen LogP contribution in [0.4, 0.5) is 0 Å². The predicted molar refractivity (Wildman–Crippen MR) is 84.0 cm³/mol. The number of nitrogens with zero attached hydrogens (tertiary/aromatic N) is 2. The first-order chi connectivity index (χ1) is 9.53. The number of hydrogen-bond acceptors (Lipinski definition) is 3. The van der Waals surface area contributed by atoms with Gasteiger partial charge in [-0.1, -0.05) is 78.3 Å².